The summed E-state index contributed by atoms with van der Waals surface area (Å²) in [5, 5.41) is 0. The summed E-state index contributed by atoms with van der Waals surface area (Å²) in [4.78, 5) is 6.46. The third-order valence-electron chi connectivity index (χ3n) is 2.94. The number of aromatic nitrogens is 1. The predicted molar refractivity (Wildman–Crippen MR) is 81.7 cm³/mol. The molecule has 0 unspecified atom stereocenters. The molecule has 0 radical (unpaired) electrons. The Balaban J connectivity index is 2.04. The van der Waals surface area contributed by atoms with E-state index in [2.05, 4.69) is 4.98 Å². The van der Waals surface area contributed by atoms with Crippen LogP contribution in [-0.4, -0.2) is 21.9 Å². The maximum atomic E-state index is 14.0. The van der Waals surface area contributed by atoms with E-state index in [0.717, 1.165) is 5.69 Å². The second-order valence-electron chi connectivity index (χ2n) is 4.66. The van der Waals surface area contributed by atoms with Gasteiger partial charge in [-0.3, -0.25) is 9.88 Å². The molecule has 1 heterocycles. The maximum absolute atomic E-state index is 14.0. The van der Waals surface area contributed by atoms with Crippen molar-refractivity contribution in [2.24, 2.45) is 5.73 Å². The topological polar surface area (TPSA) is 42.2 Å². The van der Waals surface area contributed by atoms with Crippen molar-refractivity contribution in [2.45, 2.75) is 13.1 Å². The molecule has 1 aromatic carbocycles. The van der Waals surface area contributed by atoms with Crippen molar-refractivity contribution in [3.63, 3.8) is 0 Å². The van der Waals surface area contributed by atoms with Crippen molar-refractivity contribution >= 4 is 17.2 Å². The average molecular weight is 289 g/mol. The molecule has 5 heteroatoms. The highest BCUT2D eigenvalue weighted by molar-refractivity contribution is 7.80. The van der Waals surface area contributed by atoms with Crippen LogP contribution in [-0.2, 0) is 13.1 Å². The van der Waals surface area contributed by atoms with E-state index >= 15 is 0 Å². The van der Waals surface area contributed by atoms with Gasteiger partial charge in [0.2, 0.25) is 0 Å². The van der Waals surface area contributed by atoms with E-state index in [4.69, 9.17) is 18.0 Å². The normalized spacial score (nSPS) is 10.8. The Kier molecular flexibility index (Phi) is 4.76. The Morgan fingerprint density at radius 2 is 2.10 bits per heavy atom. The molecule has 0 aliphatic carbocycles. The molecule has 0 saturated carbocycles. The number of hydrogen-bond acceptors (Lipinski definition) is 3. The number of rotatable bonds is 5. The molecule has 0 bridgehead atoms. The summed E-state index contributed by atoms with van der Waals surface area (Å²) in [7, 11) is 1.93. The van der Waals surface area contributed by atoms with Crippen molar-refractivity contribution in [1.29, 1.82) is 0 Å². The number of pyridine rings is 1. The van der Waals surface area contributed by atoms with Gasteiger partial charge in [-0.25, -0.2) is 4.39 Å². The molecule has 3 nitrogen and oxygen atoms in total. The quantitative estimate of drug-likeness (QED) is 0.859. The van der Waals surface area contributed by atoms with Crippen LogP contribution < -0.4 is 5.73 Å². The molecule has 2 rings (SSSR count). The summed E-state index contributed by atoms with van der Waals surface area (Å²) < 4.78 is 14.0. The molecule has 1 aromatic heterocycles. The molecule has 0 amide bonds. The lowest BCUT2D eigenvalue weighted by Crippen LogP contribution is -2.19. The zero-order valence-electron chi connectivity index (χ0n) is 11.2. The Morgan fingerprint density at radius 1 is 1.30 bits per heavy atom. The third-order valence-corrected chi connectivity index (χ3v) is 3.17. The fourth-order valence-electron chi connectivity index (χ4n) is 1.94. The Bertz CT molecular complexity index is 601. The van der Waals surface area contributed by atoms with Crippen LogP contribution in [0.3, 0.4) is 0 Å². The highest BCUT2D eigenvalue weighted by Gasteiger charge is 2.08. The van der Waals surface area contributed by atoms with E-state index in [9.17, 15) is 4.39 Å². The molecular formula is C15H16FN3S. The standard InChI is InChI=1S/C15H16FN3S/c1-19(10-13-4-2-3-7-18-13)9-12-6-5-11(15(17)20)8-14(12)16/h2-8H,9-10H2,1H3,(H2,17,20). The fourth-order valence-corrected chi connectivity index (χ4v) is 2.07. The van der Waals surface area contributed by atoms with Gasteiger partial charge in [-0.1, -0.05) is 30.4 Å². The summed E-state index contributed by atoms with van der Waals surface area (Å²) in [6, 6.07) is 10.6. The zero-order chi connectivity index (χ0) is 14.5. The lowest BCUT2D eigenvalue weighted by atomic mass is 10.1. The van der Waals surface area contributed by atoms with E-state index in [1.54, 1.807) is 18.3 Å². The Hall–Kier alpha value is -1.85. The van der Waals surface area contributed by atoms with Crippen molar-refractivity contribution in [1.82, 2.24) is 9.88 Å². The molecule has 104 valence electrons. The number of benzene rings is 1. The van der Waals surface area contributed by atoms with Crippen LogP contribution in [0, 0.1) is 5.82 Å². The predicted octanol–water partition coefficient (Wildman–Crippen LogP) is 2.49. The van der Waals surface area contributed by atoms with Gasteiger partial charge >= 0.3 is 0 Å². The molecule has 0 spiro atoms. The fraction of sp³-hybridized carbons (Fsp3) is 0.200. The van der Waals surface area contributed by atoms with Gasteiger partial charge in [0.25, 0.3) is 0 Å². The van der Waals surface area contributed by atoms with Gasteiger partial charge in [0.05, 0.1) is 5.69 Å². The minimum atomic E-state index is -0.289. The Labute approximate surface area is 123 Å². The van der Waals surface area contributed by atoms with Crippen molar-refractivity contribution in [3.05, 3.63) is 65.2 Å². The molecule has 0 atom stereocenters. The second kappa shape index (κ2) is 6.54. The zero-order valence-corrected chi connectivity index (χ0v) is 12.0. The van der Waals surface area contributed by atoms with E-state index < -0.39 is 0 Å². The van der Waals surface area contributed by atoms with Crippen molar-refractivity contribution in [2.75, 3.05) is 7.05 Å². The first kappa shape index (κ1) is 14.6. The number of halogens is 1. The second-order valence-corrected chi connectivity index (χ2v) is 5.10. The molecular weight excluding hydrogens is 273 g/mol. The Morgan fingerprint density at radius 3 is 2.70 bits per heavy atom. The van der Waals surface area contributed by atoms with Gasteiger partial charge in [-0.05, 0) is 25.2 Å². The summed E-state index contributed by atoms with van der Waals surface area (Å²) >= 11 is 4.83. The number of hydrogen-bond donors (Lipinski definition) is 1. The van der Waals surface area contributed by atoms with E-state index in [-0.39, 0.29) is 10.8 Å². The lowest BCUT2D eigenvalue weighted by Gasteiger charge is -2.17. The SMILES string of the molecule is CN(Cc1ccccn1)Cc1ccc(C(N)=S)cc1F. The first-order valence-electron chi connectivity index (χ1n) is 6.23. The van der Waals surface area contributed by atoms with Gasteiger partial charge in [-0.2, -0.15) is 0 Å². The summed E-state index contributed by atoms with van der Waals surface area (Å²) in [5.74, 6) is -0.289. The highest BCUT2D eigenvalue weighted by atomic mass is 32.1. The minimum absolute atomic E-state index is 0.206. The highest BCUT2D eigenvalue weighted by Crippen LogP contribution is 2.13. The van der Waals surface area contributed by atoms with Crippen LogP contribution >= 0.6 is 12.2 Å². The third kappa shape index (κ3) is 3.82. The summed E-state index contributed by atoms with van der Waals surface area (Å²) in [6.07, 6.45) is 1.75. The smallest absolute Gasteiger partial charge is 0.128 e. The molecule has 2 aromatic rings. The van der Waals surface area contributed by atoms with Crippen LogP contribution in [0.4, 0.5) is 4.39 Å². The first-order chi connectivity index (χ1) is 9.56. The van der Waals surface area contributed by atoms with Gasteiger partial charge in [-0.15, -0.1) is 0 Å². The molecule has 2 N–H and O–H groups in total. The van der Waals surface area contributed by atoms with Crippen LogP contribution in [0.2, 0.25) is 0 Å². The monoisotopic (exact) mass is 289 g/mol. The van der Waals surface area contributed by atoms with E-state index in [1.165, 1.54) is 6.07 Å². The maximum Gasteiger partial charge on any atom is 0.128 e. The van der Waals surface area contributed by atoms with E-state index in [1.807, 2.05) is 30.1 Å². The van der Waals surface area contributed by atoms with Crippen molar-refractivity contribution < 1.29 is 4.39 Å². The largest absolute Gasteiger partial charge is 0.389 e. The number of nitrogens with zero attached hydrogens (tertiary/aromatic N) is 2. The molecule has 0 aliphatic heterocycles. The van der Waals surface area contributed by atoms with Crippen LogP contribution in [0.1, 0.15) is 16.8 Å². The molecule has 20 heavy (non-hydrogen) atoms. The molecule has 0 fully saturated rings. The van der Waals surface area contributed by atoms with Gasteiger partial charge < -0.3 is 5.73 Å². The van der Waals surface area contributed by atoms with E-state index in [0.29, 0.717) is 24.2 Å². The lowest BCUT2D eigenvalue weighted by molar-refractivity contribution is 0.310. The van der Waals surface area contributed by atoms with Crippen LogP contribution in [0.5, 0.6) is 0 Å². The average Bonchev–Trinajstić information content (AvgIpc) is 2.42. The summed E-state index contributed by atoms with van der Waals surface area (Å²) in [5.41, 5.74) is 7.60. The van der Waals surface area contributed by atoms with Crippen LogP contribution in [0.15, 0.2) is 42.6 Å². The number of thiocarbonyl (C=S) groups is 1. The minimum Gasteiger partial charge on any atom is -0.389 e. The number of nitrogens with two attached hydrogens (primary N) is 1. The van der Waals surface area contributed by atoms with Gasteiger partial charge in [0.1, 0.15) is 10.8 Å². The first-order valence-corrected chi connectivity index (χ1v) is 6.64. The summed E-state index contributed by atoms with van der Waals surface area (Å²) in [6.45, 7) is 1.16. The molecule has 0 aliphatic rings. The van der Waals surface area contributed by atoms with Crippen LogP contribution in [0.25, 0.3) is 0 Å². The van der Waals surface area contributed by atoms with Crippen molar-refractivity contribution in [3.8, 4) is 0 Å². The molecule has 0 saturated heterocycles. The van der Waals surface area contributed by atoms with Gasteiger partial charge in [0.15, 0.2) is 0 Å². The van der Waals surface area contributed by atoms with Gasteiger partial charge in [0, 0.05) is 30.4 Å².